The fourth-order valence-corrected chi connectivity index (χ4v) is 4.03. The number of aromatic nitrogens is 1. The van der Waals surface area contributed by atoms with Crippen LogP contribution >= 0.6 is 0 Å². The first kappa shape index (κ1) is 18.3. The van der Waals surface area contributed by atoms with Crippen LogP contribution in [-0.2, 0) is 4.79 Å². The summed E-state index contributed by atoms with van der Waals surface area (Å²) in [5.41, 5.74) is 0.902. The van der Waals surface area contributed by atoms with Gasteiger partial charge in [-0.1, -0.05) is 12.8 Å². The van der Waals surface area contributed by atoms with E-state index in [1.807, 2.05) is 41.2 Å². The third kappa shape index (κ3) is 3.40. The molecule has 2 aromatic rings. The molecule has 2 N–H and O–H groups in total. The average molecular weight is 380 g/mol. The van der Waals surface area contributed by atoms with E-state index in [2.05, 4.69) is 10.6 Å². The molecule has 1 aliphatic carbocycles. The van der Waals surface area contributed by atoms with Crippen molar-refractivity contribution in [1.29, 1.82) is 0 Å². The van der Waals surface area contributed by atoms with Crippen LogP contribution in [0.2, 0.25) is 0 Å². The number of carbonyl (C=O) groups excluding carboxylic acids is 3. The molecule has 1 saturated heterocycles. The van der Waals surface area contributed by atoms with Gasteiger partial charge in [0.05, 0.1) is 0 Å². The van der Waals surface area contributed by atoms with E-state index < -0.39 is 5.54 Å². The molecule has 1 aromatic heterocycles. The standard InChI is InChI=1S/C21H24N4O3/c26-18(16-6-8-17(9-7-16)24-13-3-4-14-24)22-12-5-15-25-19(27)21(23-20(25)28)10-1-2-11-21/h3-4,6-9,13-14H,1-2,5,10-12,15H2,(H,22,26)(H,23,28). The molecule has 4 rings (SSSR count). The summed E-state index contributed by atoms with van der Waals surface area (Å²) in [6.07, 6.45) is 7.81. The molecule has 0 atom stereocenters. The summed E-state index contributed by atoms with van der Waals surface area (Å²) in [5.74, 6) is -0.273. The van der Waals surface area contributed by atoms with Crippen LogP contribution in [0.5, 0.6) is 0 Å². The van der Waals surface area contributed by atoms with Crippen molar-refractivity contribution in [2.24, 2.45) is 0 Å². The third-order valence-corrected chi connectivity index (χ3v) is 5.58. The van der Waals surface area contributed by atoms with Gasteiger partial charge in [0.25, 0.3) is 11.8 Å². The minimum absolute atomic E-state index is 0.109. The Hall–Kier alpha value is -3.09. The summed E-state index contributed by atoms with van der Waals surface area (Å²) in [6.45, 7) is 0.724. The lowest BCUT2D eigenvalue weighted by molar-refractivity contribution is -0.131. The first-order valence-corrected chi connectivity index (χ1v) is 9.75. The van der Waals surface area contributed by atoms with E-state index in [4.69, 9.17) is 0 Å². The minimum Gasteiger partial charge on any atom is -0.352 e. The normalized spacial score (nSPS) is 17.9. The van der Waals surface area contributed by atoms with Gasteiger partial charge in [-0.3, -0.25) is 14.5 Å². The Bertz CT molecular complexity index is 868. The van der Waals surface area contributed by atoms with E-state index in [0.717, 1.165) is 31.4 Å². The zero-order chi connectivity index (χ0) is 19.6. The van der Waals surface area contributed by atoms with Crippen LogP contribution in [0.4, 0.5) is 4.79 Å². The van der Waals surface area contributed by atoms with E-state index in [0.29, 0.717) is 25.1 Å². The quantitative estimate of drug-likeness (QED) is 0.596. The monoisotopic (exact) mass is 380 g/mol. The fourth-order valence-electron chi connectivity index (χ4n) is 4.03. The van der Waals surface area contributed by atoms with Crippen LogP contribution in [0.15, 0.2) is 48.8 Å². The Balaban J connectivity index is 1.26. The van der Waals surface area contributed by atoms with Crippen molar-refractivity contribution in [3.05, 3.63) is 54.4 Å². The molecular weight excluding hydrogens is 356 g/mol. The highest BCUT2D eigenvalue weighted by molar-refractivity contribution is 6.07. The second-order valence-electron chi connectivity index (χ2n) is 7.42. The van der Waals surface area contributed by atoms with Crippen LogP contribution in [-0.4, -0.2) is 45.9 Å². The fraction of sp³-hybridized carbons (Fsp3) is 0.381. The van der Waals surface area contributed by atoms with Crippen LogP contribution in [0.1, 0.15) is 42.5 Å². The van der Waals surface area contributed by atoms with Crippen molar-refractivity contribution in [2.75, 3.05) is 13.1 Å². The molecule has 2 aliphatic rings. The van der Waals surface area contributed by atoms with Crippen molar-refractivity contribution in [1.82, 2.24) is 20.1 Å². The molecule has 1 aromatic carbocycles. The number of urea groups is 1. The van der Waals surface area contributed by atoms with Crippen molar-refractivity contribution in [2.45, 2.75) is 37.6 Å². The Labute approximate surface area is 163 Å². The molecule has 28 heavy (non-hydrogen) atoms. The average Bonchev–Trinajstić information content (AvgIpc) is 3.44. The maximum atomic E-state index is 12.6. The van der Waals surface area contributed by atoms with Crippen molar-refractivity contribution >= 4 is 17.8 Å². The molecule has 2 fully saturated rings. The summed E-state index contributed by atoms with van der Waals surface area (Å²) in [5, 5.41) is 5.72. The summed E-state index contributed by atoms with van der Waals surface area (Å²) in [7, 11) is 0. The molecule has 0 radical (unpaired) electrons. The predicted octanol–water partition coefficient (Wildman–Crippen LogP) is 2.46. The van der Waals surface area contributed by atoms with Crippen LogP contribution in [0.25, 0.3) is 5.69 Å². The molecule has 7 nitrogen and oxygen atoms in total. The first-order chi connectivity index (χ1) is 13.6. The molecule has 1 spiro atoms. The number of carbonyl (C=O) groups is 3. The van der Waals surface area contributed by atoms with Gasteiger partial charge in [-0.05, 0) is 55.7 Å². The Morgan fingerprint density at radius 2 is 1.75 bits per heavy atom. The van der Waals surface area contributed by atoms with Gasteiger partial charge in [0.15, 0.2) is 0 Å². The largest absolute Gasteiger partial charge is 0.352 e. The molecule has 7 heteroatoms. The summed E-state index contributed by atoms with van der Waals surface area (Å²) >= 11 is 0. The lowest BCUT2D eigenvalue weighted by atomic mass is 9.98. The smallest absolute Gasteiger partial charge is 0.325 e. The minimum atomic E-state index is -0.665. The Kier molecular flexibility index (Phi) is 4.90. The first-order valence-electron chi connectivity index (χ1n) is 9.75. The molecule has 4 amide bonds. The van der Waals surface area contributed by atoms with Crippen molar-refractivity contribution in [3.63, 3.8) is 0 Å². The Morgan fingerprint density at radius 1 is 1.07 bits per heavy atom. The molecule has 0 bridgehead atoms. The molecule has 1 aliphatic heterocycles. The molecule has 0 unspecified atom stereocenters. The highest BCUT2D eigenvalue weighted by Gasteiger charge is 2.51. The maximum absolute atomic E-state index is 12.6. The van der Waals surface area contributed by atoms with E-state index in [1.54, 1.807) is 12.1 Å². The molecule has 2 heterocycles. The van der Waals surface area contributed by atoms with Gasteiger partial charge < -0.3 is 15.2 Å². The number of hydrogen-bond acceptors (Lipinski definition) is 3. The highest BCUT2D eigenvalue weighted by atomic mass is 16.2. The number of amides is 4. The van der Waals surface area contributed by atoms with Gasteiger partial charge in [-0.25, -0.2) is 4.79 Å². The second kappa shape index (κ2) is 7.50. The number of nitrogens with zero attached hydrogens (tertiary/aromatic N) is 2. The lowest BCUT2D eigenvalue weighted by Gasteiger charge is -2.20. The number of rotatable bonds is 6. The topological polar surface area (TPSA) is 83.4 Å². The summed E-state index contributed by atoms with van der Waals surface area (Å²) < 4.78 is 1.97. The van der Waals surface area contributed by atoms with Crippen LogP contribution < -0.4 is 10.6 Å². The molecular formula is C21H24N4O3. The van der Waals surface area contributed by atoms with Gasteiger partial charge in [0, 0.05) is 36.7 Å². The van der Waals surface area contributed by atoms with Gasteiger partial charge in [0.2, 0.25) is 0 Å². The summed E-state index contributed by atoms with van der Waals surface area (Å²) in [6, 6.07) is 10.9. The number of nitrogens with one attached hydrogen (secondary N) is 2. The van der Waals surface area contributed by atoms with Gasteiger partial charge in [-0.2, -0.15) is 0 Å². The van der Waals surface area contributed by atoms with Crippen molar-refractivity contribution < 1.29 is 14.4 Å². The van der Waals surface area contributed by atoms with Crippen molar-refractivity contribution in [3.8, 4) is 5.69 Å². The zero-order valence-electron chi connectivity index (χ0n) is 15.7. The van der Waals surface area contributed by atoms with E-state index in [9.17, 15) is 14.4 Å². The number of imide groups is 1. The number of hydrogen-bond donors (Lipinski definition) is 2. The maximum Gasteiger partial charge on any atom is 0.325 e. The van der Waals surface area contributed by atoms with E-state index >= 15 is 0 Å². The van der Waals surface area contributed by atoms with E-state index in [1.165, 1.54) is 4.90 Å². The van der Waals surface area contributed by atoms with Crippen LogP contribution in [0.3, 0.4) is 0 Å². The summed E-state index contributed by atoms with van der Waals surface area (Å²) in [4.78, 5) is 38.3. The molecule has 146 valence electrons. The van der Waals surface area contributed by atoms with Gasteiger partial charge >= 0.3 is 6.03 Å². The van der Waals surface area contributed by atoms with E-state index in [-0.39, 0.29) is 17.8 Å². The zero-order valence-corrected chi connectivity index (χ0v) is 15.7. The van der Waals surface area contributed by atoms with Gasteiger partial charge in [0.1, 0.15) is 5.54 Å². The highest BCUT2D eigenvalue weighted by Crippen LogP contribution is 2.34. The SMILES string of the molecule is O=C(NCCCN1C(=O)NC2(CCCC2)C1=O)c1ccc(-n2cccc2)cc1. The number of benzene rings is 1. The van der Waals surface area contributed by atoms with Crippen LogP contribution in [0, 0.1) is 0 Å². The predicted molar refractivity (Wildman–Crippen MR) is 104 cm³/mol. The molecule has 1 saturated carbocycles. The third-order valence-electron chi connectivity index (χ3n) is 5.58. The Morgan fingerprint density at radius 3 is 2.43 bits per heavy atom. The van der Waals surface area contributed by atoms with Gasteiger partial charge in [-0.15, -0.1) is 0 Å². The lowest BCUT2D eigenvalue weighted by Crippen LogP contribution is -2.44. The second-order valence-corrected chi connectivity index (χ2v) is 7.42.